The molecule has 3 amide bonds. The molecule has 1 aromatic carbocycles. The Kier molecular flexibility index (Phi) is 5.26. The summed E-state index contributed by atoms with van der Waals surface area (Å²) in [5.74, 6) is -1.89. The average Bonchev–Trinajstić information content (AvgIpc) is 3.36. The highest BCUT2D eigenvalue weighted by Crippen LogP contribution is 2.37. The number of carbonyl (C=O) groups excluding carboxylic acids is 4. The van der Waals surface area contributed by atoms with Gasteiger partial charge in [-0.25, -0.2) is 0 Å². The number of fused-ring (bicyclic) bond motifs is 1. The van der Waals surface area contributed by atoms with Crippen molar-refractivity contribution in [1.29, 1.82) is 0 Å². The van der Waals surface area contributed by atoms with E-state index in [1.807, 2.05) is 0 Å². The molecular weight excluding hydrogens is 386 g/mol. The number of amides is 3. The van der Waals surface area contributed by atoms with E-state index in [0.29, 0.717) is 17.9 Å². The number of hydrogen-bond acceptors (Lipinski definition) is 5. The van der Waals surface area contributed by atoms with Crippen molar-refractivity contribution in [3.8, 4) is 0 Å². The maximum absolute atomic E-state index is 13.0. The summed E-state index contributed by atoms with van der Waals surface area (Å²) in [4.78, 5) is 53.5. The van der Waals surface area contributed by atoms with Crippen molar-refractivity contribution in [2.24, 2.45) is 5.92 Å². The molecule has 0 radical (unpaired) electrons. The highest BCUT2D eigenvalue weighted by atomic mass is 16.5. The molecule has 30 heavy (non-hydrogen) atoms. The Morgan fingerprint density at radius 1 is 1.17 bits per heavy atom. The predicted octanol–water partition coefficient (Wildman–Crippen LogP) is 2.08. The van der Waals surface area contributed by atoms with Crippen LogP contribution in [0, 0.1) is 5.92 Å². The number of likely N-dealkylation sites (tertiary alicyclic amines) is 1. The van der Waals surface area contributed by atoms with Crippen LogP contribution in [-0.4, -0.2) is 53.3 Å². The molecule has 8 heteroatoms. The minimum absolute atomic E-state index is 0.0158. The van der Waals surface area contributed by atoms with E-state index < -0.39 is 29.9 Å². The Labute approximate surface area is 175 Å². The van der Waals surface area contributed by atoms with E-state index in [-0.39, 0.29) is 24.3 Å². The van der Waals surface area contributed by atoms with Crippen LogP contribution in [0.4, 0.5) is 11.4 Å². The zero-order valence-electron chi connectivity index (χ0n) is 17.3. The van der Waals surface area contributed by atoms with Gasteiger partial charge in [0.05, 0.1) is 17.3 Å². The topological polar surface area (TPSA) is 96.0 Å². The van der Waals surface area contributed by atoms with E-state index in [1.54, 1.807) is 43.0 Å². The molecule has 1 aliphatic carbocycles. The molecule has 0 bridgehead atoms. The van der Waals surface area contributed by atoms with Gasteiger partial charge in [0.15, 0.2) is 6.61 Å². The van der Waals surface area contributed by atoms with E-state index >= 15 is 0 Å². The van der Waals surface area contributed by atoms with E-state index in [1.165, 1.54) is 4.90 Å². The van der Waals surface area contributed by atoms with Crippen LogP contribution < -0.4 is 10.2 Å². The number of anilines is 2. The number of para-hydroxylation sites is 2. The number of esters is 1. The number of hydrogen-bond donors (Lipinski definition) is 1. The number of nitrogens with one attached hydrogen (secondary N) is 1. The summed E-state index contributed by atoms with van der Waals surface area (Å²) < 4.78 is 5.30. The molecule has 0 spiro atoms. The van der Waals surface area contributed by atoms with Gasteiger partial charge in [-0.15, -0.1) is 0 Å². The summed E-state index contributed by atoms with van der Waals surface area (Å²) in [6.07, 6.45) is 4.32. The van der Waals surface area contributed by atoms with Gasteiger partial charge in [-0.3, -0.25) is 24.1 Å². The highest BCUT2D eigenvalue weighted by Gasteiger charge is 2.44. The molecule has 3 aliphatic rings. The third kappa shape index (κ3) is 3.55. The van der Waals surface area contributed by atoms with Gasteiger partial charge in [-0.2, -0.15) is 0 Å². The van der Waals surface area contributed by atoms with Crippen LogP contribution in [0.25, 0.3) is 0 Å². The first-order chi connectivity index (χ1) is 14.3. The van der Waals surface area contributed by atoms with Crippen molar-refractivity contribution < 1.29 is 23.9 Å². The van der Waals surface area contributed by atoms with Crippen LogP contribution in [-0.2, 0) is 23.9 Å². The Morgan fingerprint density at radius 3 is 2.60 bits per heavy atom. The molecule has 1 saturated heterocycles. The lowest BCUT2D eigenvalue weighted by atomic mass is 9.96. The highest BCUT2D eigenvalue weighted by molar-refractivity contribution is 6.14. The second kappa shape index (κ2) is 7.74. The molecule has 4 rings (SSSR count). The average molecular weight is 413 g/mol. The van der Waals surface area contributed by atoms with Gasteiger partial charge >= 0.3 is 5.97 Å². The summed E-state index contributed by atoms with van der Waals surface area (Å²) in [5, 5.41) is 2.80. The van der Waals surface area contributed by atoms with Gasteiger partial charge in [0.2, 0.25) is 11.8 Å². The van der Waals surface area contributed by atoms with Crippen LogP contribution in [0.15, 0.2) is 24.3 Å². The van der Waals surface area contributed by atoms with Crippen LogP contribution in [0.1, 0.15) is 46.0 Å². The summed E-state index contributed by atoms with van der Waals surface area (Å²) in [7, 11) is 0. The molecule has 0 unspecified atom stereocenters. The Bertz CT molecular complexity index is 891. The number of benzene rings is 1. The van der Waals surface area contributed by atoms with Crippen LogP contribution in [0.5, 0.6) is 0 Å². The van der Waals surface area contributed by atoms with E-state index in [2.05, 4.69) is 5.32 Å². The van der Waals surface area contributed by atoms with Crippen molar-refractivity contribution >= 4 is 35.1 Å². The molecule has 2 heterocycles. The first-order valence-electron chi connectivity index (χ1n) is 10.5. The molecule has 8 nitrogen and oxygen atoms in total. The fourth-order valence-electron chi connectivity index (χ4n) is 4.67. The molecule has 1 atom stereocenters. The standard InChI is InChI=1S/C22H27N3O5/c1-22(2)21(29)23-16-9-5-6-10-17(16)25(22)19(27)13-30-20(28)14-11-18(26)24(12-14)15-7-3-4-8-15/h5-6,9-10,14-15H,3-4,7-8,11-13H2,1-2H3,(H,23,29)/t14-/m0/s1. The van der Waals surface area contributed by atoms with Crippen LogP contribution in [0.2, 0.25) is 0 Å². The van der Waals surface area contributed by atoms with Crippen LogP contribution in [0.3, 0.4) is 0 Å². The third-order valence-electron chi connectivity index (χ3n) is 6.35. The van der Waals surface area contributed by atoms with Crippen molar-refractivity contribution in [2.45, 2.75) is 57.5 Å². The molecule has 2 aliphatic heterocycles. The zero-order valence-corrected chi connectivity index (χ0v) is 17.3. The maximum Gasteiger partial charge on any atom is 0.311 e. The molecule has 160 valence electrons. The maximum atomic E-state index is 13.0. The fraction of sp³-hybridized carbons (Fsp3) is 0.545. The van der Waals surface area contributed by atoms with Gasteiger partial charge in [0.25, 0.3) is 5.91 Å². The fourth-order valence-corrected chi connectivity index (χ4v) is 4.67. The Hall–Kier alpha value is -2.90. The lowest BCUT2D eigenvalue weighted by molar-refractivity contribution is -0.152. The van der Waals surface area contributed by atoms with Gasteiger partial charge in [-0.05, 0) is 38.8 Å². The van der Waals surface area contributed by atoms with Gasteiger partial charge < -0.3 is 15.0 Å². The molecule has 1 aromatic rings. The van der Waals surface area contributed by atoms with Crippen molar-refractivity contribution in [1.82, 2.24) is 4.90 Å². The smallest absolute Gasteiger partial charge is 0.311 e. The summed E-state index contributed by atoms with van der Waals surface area (Å²) in [6.45, 7) is 3.18. The quantitative estimate of drug-likeness (QED) is 0.763. The Morgan fingerprint density at radius 2 is 1.87 bits per heavy atom. The monoisotopic (exact) mass is 413 g/mol. The Balaban J connectivity index is 1.41. The van der Waals surface area contributed by atoms with E-state index in [0.717, 1.165) is 25.7 Å². The molecular formula is C22H27N3O5. The minimum atomic E-state index is -1.12. The molecule has 2 fully saturated rings. The number of rotatable bonds is 4. The van der Waals surface area contributed by atoms with Gasteiger partial charge in [0, 0.05) is 19.0 Å². The zero-order chi connectivity index (χ0) is 21.5. The summed E-state index contributed by atoms with van der Waals surface area (Å²) in [6, 6.07) is 7.23. The first-order valence-corrected chi connectivity index (χ1v) is 10.5. The van der Waals surface area contributed by atoms with Crippen molar-refractivity contribution in [2.75, 3.05) is 23.4 Å². The number of carbonyl (C=O) groups is 4. The molecule has 1 saturated carbocycles. The summed E-state index contributed by atoms with van der Waals surface area (Å²) in [5.41, 5.74) is -0.0258. The largest absolute Gasteiger partial charge is 0.455 e. The molecule has 0 aromatic heterocycles. The number of ether oxygens (including phenoxy) is 1. The molecule has 1 N–H and O–H groups in total. The van der Waals surface area contributed by atoms with Crippen molar-refractivity contribution in [3.05, 3.63) is 24.3 Å². The lowest BCUT2D eigenvalue weighted by Gasteiger charge is -2.41. The number of nitrogens with zero attached hydrogens (tertiary/aromatic N) is 2. The second-order valence-electron chi connectivity index (χ2n) is 8.75. The van der Waals surface area contributed by atoms with Crippen LogP contribution >= 0.6 is 0 Å². The normalized spacial score (nSPS) is 23.3. The van der Waals surface area contributed by atoms with E-state index in [4.69, 9.17) is 4.74 Å². The third-order valence-corrected chi connectivity index (χ3v) is 6.35. The minimum Gasteiger partial charge on any atom is -0.455 e. The second-order valence-corrected chi connectivity index (χ2v) is 8.75. The predicted molar refractivity (Wildman–Crippen MR) is 110 cm³/mol. The lowest BCUT2D eigenvalue weighted by Crippen LogP contribution is -2.59. The van der Waals surface area contributed by atoms with Gasteiger partial charge in [-0.1, -0.05) is 25.0 Å². The summed E-state index contributed by atoms with van der Waals surface area (Å²) >= 11 is 0. The van der Waals surface area contributed by atoms with Crippen molar-refractivity contribution in [3.63, 3.8) is 0 Å². The van der Waals surface area contributed by atoms with Gasteiger partial charge in [0.1, 0.15) is 5.54 Å². The first kappa shape index (κ1) is 20.4. The SMILES string of the molecule is CC1(C)C(=O)Nc2ccccc2N1C(=O)COC(=O)[C@H]1CC(=O)N(C2CCCC2)C1. The van der Waals surface area contributed by atoms with E-state index in [9.17, 15) is 19.2 Å².